The summed E-state index contributed by atoms with van der Waals surface area (Å²) in [5, 5.41) is 2.77. The Morgan fingerprint density at radius 2 is 1.53 bits per heavy atom. The van der Waals surface area contributed by atoms with Gasteiger partial charge in [-0.25, -0.2) is 12.8 Å². The van der Waals surface area contributed by atoms with Crippen molar-refractivity contribution in [2.45, 2.75) is 4.90 Å². The van der Waals surface area contributed by atoms with Crippen LogP contribution in [0.1, 0.15) is 10.4 Å². The lowest BCUT2D eigenvalue weighted by molar-refractivity contribution is 0.102. The number of benzene rings is 4. The van der Waals surface area contributed by atoms with E-state index in [2.05, 4.69) is 10.0 Å². The number of ether oxygens (including phenoxy) is 1. The summed E-state index contributed by atoms with van der Waals surface area (Å²) in [5.74, 6) is -0.299. The Balaban J connectivity index is 1.45. The molecule has 0 saturated carbocycles. The fraction of sp³-hybridized carbons (Fsp3) is 0. The van der Waals surface area contributed by atoms with Crippen LogP contribution in [0, 0.1) is 5.82 Å². The maximum atomic E-state index is 14.6. The zero-order valence-electron chi connectivity index (χ0n) is 17.5. The Kier molecular flexibility index (Phi) is 6.81. The van der Waals surface area contributed by atoms with Gasteiger partial charge in [0, 0.05) is 16.3 Å². The second-order valence-electron chi connectivity index (χ2n) is 7.15. The van der Waals surface area contributed by atoms with Gasteiger partial charge in [-0.3, -0.25) is 9.52 Å². The highest BCUT2D eigenvalue weighted by Crippen LogP contribution is 2.25. The summed E-state index contributed by atoms with van der Waals surface area (Å²) in [5.41, 5.74) is 0.357. The van der Waals surface area contributed by atoms with Crippen molar-refractivity contribution < 1.29 is 22.3 Å². The first kappa shape index (κ1) is 23.3. The predicted octanol–water partition coefficient (Wildman–Crippen LogP) is 6.32. The largest absolute Gasteiger partial charge is 0.457 e. The number of sulfonamides is 1. The van der Waals surface area contributed by atoms with Gasteiger partial charge in [-0.1, -0.05) is 35.9 Å². The number of nitrogens with one attached hydrogen (secondary N) is 2. The third-order valence-corrected chi connectivity index (χ3v) is 6.29. The summed E-state index contributed by atoms with van der Waals surface area (Å²) in [4.78, 5) is 12.0. The Bertz CT molecular complexity index is 1430. The van der Waals surface area contributed by atoms with E-state index in [-0.39, 0.29) is 21.8 Å². The Labute approximate surface area is 201 Å². The second kappa shape index (κ2) is 9.94. The molecular formula is C25H18ClFN2O4S. The molecular weight excluding hydrogens is 479 g/mol. The normalized spacial score (nSPS) is 11.0. The highest BCUT2D eigenvalue weighted by molar-refractivity contribution is 7.92. The molecule has 2 N–H and O–H groups in total. The minimum absolute atomic E-state index is 0.161. The molecule has 0 aromatic heterocycles. The van der Waals surface area contributed by atoms with Crippen LogP contribution in [0.15, 0.2) is 102 Å². The van der Waals surface area contributed by atoms with Gasteiger partial charge >= 0.3 is 0 Å². The lowest BCUT2D eigenvalue weighted by Gasteiger charge is -2.11. The van der Waals surface area contributed by atoms with Crippen molar-refractivity contribution >= 4 is 38.9 Å². The first-order chi connectivity index (χ1) is 16.3. The van der Waals surface area contributed by atoms with Gasteiger partial charge in [0.05, 0.1) is 10.6 Å². The number of anilines is 2. The highest BCUT2D eigenvalue weighted by Gasteiger charge is 2.18. The third kappa shape index (κ3) is 5.72. The quantitative estimate of drug-likeness (QED) is 0.313. The number of para-hydroxylation sites is 1. The summed E-state index contributed by atoms with van der Waals surface area (Å²) in [6, 6.07) is 24.8. The molecule has 0 spiro atoms. The summed E-state index contributed by atoms with van der Waals surface area (Å²) in [7, 11) is -4.07. The van der Waals surface area contributed by atoms with Gasteiger partial charge in [-0.2, -0.15) is 0 Å². The van der Waals surface area contributed by atoms with Crippen molar-refractivity contribution in [1.82, 2.24) is 0 Å². The maximum Gasteiger partial charge on any atom is 0.261 e. The molecule has 0 unspecified atom stereocenters. The SMILES string of the molecule is O=C(Nc1ccc(S(=O)(=O)Nc2ccc(Oc3ccccc3)cc2)cc1F)c1cccc(Cl)c1. The average molecular weight is 497 g/mol. The monoisotopic (exact) mass is 496 g/mol. The van der Waals surface area contributed by atoms with Gasteiger partial charge < -0.3 is 10.1 Å². The van der Waals surface area contributed by atoms with E-state index in [4.69, 9.17) is 16.3 Å². The van der Waals surface area contributed by atoms with E-state index in [9.17, 15) is 17.6 Å². The lowest BCUT2D eigenvalue weighted by atomic mass is 10.2. The number of carbonyl (C=O) groups excluding carboxylic acids is 1. The van der Waals surface area contributed by atoms with Crippen molar-refractivity contribution in [2.75, 3.05) is 10.0 Å². The van der Waals surface area contributed by atoms with Crippen molar-refractivity contribution in [3.05, 3.63) is 113 Å². The fourth-order valence-corrected chi connectivity index (χ4v) is 4.28. The Morgan fingerprint density at radius 3 is 2.21 bits per heavy atom. The van der Waals surface area contributed by atoms with Crippen molar-refractivity contribution in [3.8, 4) is 11.5 Å². The molecule has 0 aliphatic carbocycles. The number of hydrogen-bond donors (Lipinski definition) is 2. The summed E-state index contributed by atoms with van der Waals surface area (Å²) in [6.45, 7) is 0. The van der Waals surface area contributed by atoms with Gasteiger partial charge in [0.2, 0.25) is 0 Å². The molecule has 6 nitrogen and oxygen atoms in total. The maximum absolute atomic E-state index is 14.6. The molecule has 172 valence electrons. The smallest absolute Gasteiger partial charge is 0.261 e. The van der Waals surface area contributed by atoms with Crippen LogP contribution in [0.25, 0.3) is 0 Å². The molecule has 0 saturated heterocycles. The molecule has 0 bridgehead atoms. The van der Waals surface area contributed by atoms with E-state index in [1.807, 2.05) is 18.2 Å². The highest BCUT2D eigenvalue weighted by atomic mass is 35.5. The van der Waals surface area contributed by atoms with Crippen LogP contribution in [0.4, 0.5) is 15.8 Å². The molecule has 0 aliphatic heterocycles. The fourth-order valence-electron chi connectivity index (χ4n) is 3.02. The van der Waals surface area contributed by atoms with E-state index >= 15 is 0 Å². The van der Waals surface area contributed by atoms with Gasteiger partial charge in [-0.15, -0.1) is 0 Å². The first-order valence-electron chi connectivity index (χ1n) is 10.0. The van der Waals surface area contributed by atoms with Crippen molar-refractivity contribution in [3.63, 3.8) is 0 Å². The predicted molar refractivity (Wildman–Crippen MR) is 130 cm³/mol. The minimum Gasteiger partial charge on any atom is -0.457 e. The Morgan fingerprint density at radius 1 is 0.824 bits per heavy atom. The zero-order chi connectivity index (χ0) is 24.1. The van der Waals surface area contributed by atoms with Gasteiger partial charge in [0.15, 0.2) is 0 Å². The van der Waals surface area contributed by atoms with Crippen LogP contribution in [-0.4, -0.2) is 14.3 Å². The zero-order valence-corrected chi connectivity index (χ0v) is 19.1. The van der Waals surface area contributed by atoms with Crippen LogP contribution < -0.4 is 14.8 Å². The first-order valence-corrected chi connectivity index (χ1v) is 11.9. The van der Waals surface area contributed by atoms with Gasteiger partial charge in [0.25, 0.3) is 15.9 Å². The molecule has 0 heterocycles. The molecule has 34 heavy (non-hydrogen) atoms. The molecule has 0 fully saturated rings. The molecule has 1 amide bonds. The summed E-state index contributed by atoms with van der Waals surface area (Å²) < 4.78 is 48.1. The number of carbonyl (C=O) groups is 1. The summed E-state index contributed by atoms with van der Waals surface area (Å²) in [6.07, 6.45) is 0. The van der Waals surface area contributed by atoms with Crippen LogP contribution in [0.2, 0.25) is 5.02 Å². The van der Waals surface area contributed by atoms with E-state index in [1.54, 1.807) is 36.4 Å². The number of hydrogen-bond acceptors (Lipinski definition) is 4. The van der Waals surface area contributed by atoms with E-state index in [0.717, 1.165) is 6.07 Å². The second-order valence-corrected chi connectivity index (χ2v) is 9.27. The summed E-state index contributed by atoms with van der Waals surface area (Å²) >= 11 is 5.87. The molecule has 4 aromatic rings. The molecule has 9 heteroatoms. The molecule has 0 aliphatic rings. The molecule has 0 atom stereocenters. The lowest BCUT2D eigenvalue weighted by Crippen LogP contribution is -2.15. The molecule has 4 aromatic carbocycles. The van der Waals surface area contributed by atoms with Crippen molar-refractivity contribution in [1.29, 1.82) is 0 Å². The topological polar surface area (TPSA) is 84.5 Å². The van der Waals surface area contributed by atoms with Crippen LogP contribution in [0.3, 0.4) is 0 Å². The van der Waals surface area contributed by atoms with E-state index < -0.39 is 21.7 Å². The van der Waals surface area contributed by atoms with Crippen LogP contribution >= 0.6 is 11.6 Å². The number of halogens is 2. The number of amides is 1. The van der Waals surface area contributed by atoms with E-state index in [1.165, 1.54) is 36.4 Å². The van der Waals surface area contributed by atoms with Crippen molar-refractivity contribution in [2.24, 2.45) is 0 Å². The Hall–Kier alpha value is -3.88. The minimum atomic E-state index is -4.07. The third-order valence-electron chi connectivity index (χ3n) is 4.67. The van der Waals surface area contributed by atoms with Gasteiger partial charge in [0.1, 0.15) is 17.3 Å². The average Bonchev–Trinajstić information content (AvgIpc) is 2.82. The standard InChI is InChI=1S/C25H18ClFN2O4S/c26-18-6-4-5-17(15-18)25(30)28-24-14-13-22(16-23(24)27)34(31,32)29-19-9-11-21(12-10-19)33-20-7-2-1-3-8-20/h1-16,29H,(H,28,30). The van der Waals surface area contributed by atoms with Gasteiger partial charge in [-0.05, 0) is 72.8 Å². The number of rotatable bonds is 7. The molecule has 4 rings (SSSR count). The molecule has 0 radical (unpaired) electrons. The van der Waals surface area contributed by atoms with Crippen LogP contribution in [-0.2, 0) is 10.0 Å². The van der Waals surface area contributed by atoms with Crippen LogP contribution in [0.5, 0.6) is 11.5 Å². The van der Waals surface area contributed by atoms with E-state index in [0.29, 0.717) is 16.5 Å².